The van der Waals surface area contributed by atoms with Crippen molar-refractivity contribution >= 4 is 33.1 Å². The summed E-state index contributed by atoms with van der Waals surface area (Å²) in [6.45, 7) is 3.66. The molecule has 0 atom stereocenters. The van der Waals surface area contributed by atoms with Crippen LogP contribution in [0.3, 0.4) is 0 Å². The Morgan fingerprint density at radius 1 is 1.29 bits per heavy atom. The van der Waals surface area contributed by atoms with E-state index in [2.05, 4.69) is 6.58 Å². The van der Waals surface area contributed by atoms with Gasteiger partial charge in [0, 0.05) is 0 Å². The van der Waals surface area contributed by atoms with Gasteiger partial charge in [0.15, 0.2) is 15.7 Å². The van der Waals surface area contributed by atoms with Crippen molar-refractivity contribution in [2.75, 3.05) is 7.11 Å². The lowest BCUT2D eigenvalue weighted by molar-refractivity contribution is 0.390. The minimum absolute atomic E-state index is 0.0460. The SMILES string of the molecule is C=CCc1ccc(OS(=O)(=O)c2ccc(Cl)s2)c(OC)c1. The summed E-state index contributed by atoms with van der Waals surface area (Å²) in [5.74, 6) is 0.482. The minimum atomic E-state index is -3.92. The van der Waals surface area contributed by atoms with Crippen LogP contribution in [0, 0.1) is 0 Å². The number of hydrogen-bond donors (Lipinski definition) is 0. The van der Waals surface area contributed by atoms with Crippen LogP contribution in [0.1, 0.15) is 5.56 Å². The molecule has 0 amide bonds. The van der Waals surface area contributed by atoms with Gasteiger partial charge in [0.1, 0.15) is 0 Å². The highest BCUT2D eigenvalue weighted by molar-refractivity contribution is 7.89. The van der Waals surface area contributed by atoms with Crippen LogP contribution < -0.4 is 8.92 Å². The maximum absolute atomic E-state index is 12.2. The molecule has 112 valence electrons. The second-order valence-electron chi connectivity index (χ2n) is 4.07. The van der Waals surface area contributed by atoms with Gasteiger partial charge in [-0.25, -0.2) is 0 Å². The average molecular weight is 345 g/mol. The molecule has 7 heteroatoms. The molecule has 0 fully saturated rings. The first-order valence-electron chi connectivity index (χ1n) is 5.94. The van der Waals surface area contributed by atoms with Gasteiger partial charge in [-0.05, 0) is 36.2 Å². The van der Waals surface area contributed by atoms with Gasteiger partial charge < -0.3 is 8.92 Å². The quantitative estimate of drug-likeness (QED) is 0.589. The molecule has 1 aromatic heterocycles. The summed E-state index contributed by atoms with van der Waals surface area (Å²) in [5.41, 5.74) is 0.950. The number of hydrogen-bond acceptors (Lipinski definition) is 5. The number of thiophene rings is 1. The molecule has 0 spiro atoms. The molecule has 21 heavy (non-hydrogen) atoms. The molecule has 0 saturated heterocycles. The minimum Gasteiger partial charge on any atom is -0.493 e. The second-order valence-corrected chi connectivity index (χ2v) is 7.56. The van der Waals surface area contributed by atoms with Crippen molar-refractivity contribution in [3.05, 3.63) is 52.9 Å². The highest BCUT2D eigenvalue weighted by atomic mass is 35.5. The molecule has 0 bridgehead atoms. The predicted octanol–water partition coefficient (Wildman–Crippen LogP) is 3.91. The average Bonchev–Trinajstić information content (AvgIpc) is 2.88. The Morgan fingerprint density at radius 2 is 2.05 bits per heavy atom. The van der Waals surface area contributed by atoms with Crippen LogP contribution in [0.25, 0.3) is 0 Å². The number of halogens is 1. The van der Waals surface area contributed by atoms with Gasteiger partial charge >= 0.3 is 10.1 Å². The van der Waals surface area contributed by atoms with Crippen LogP contribution in [0.15, 0.2) is 47.2 Å². The first-order valence-corrected chi connectivity index (χ1v) is 8.54. The Morgan fingerprint density at radius 3 is 2.62 bits per heavy atom. The van der Waals surface area contributed by atoms with Crippen LogP contribution in [-0.2, 0) is 16.5 Å². The number of allylic oxidation sites excluding steroid dienone is 1. The summed E-state index contributed by atoms with van der Waals surface area (Å²) in [5, 5.41) is 0. The maximum Gasteiger partial charge on any atom is 0.348 e. The molecule has 0 aliphatic rings. The number of benzene rings is 1. The predicted molar refractivity (Wildman–Crippen MR) is 84.0 cm³/mol. The van der Waals surface area contributed by atoms with E-state index in [0.29, 0.717) is 16.5 Å². The summed E-state index contributed by atoms with van der Waals surface area (Å²) in [4.78, 5) is 0. The highest BCUT2D eigenvalue weighted by Crippen LogP contribution is 2.33. The Balaban J connectivity index is 2.32. The van der Waals surface area contributed by atoms with Crippen molar-refractivity contribution in [2.24, 2.45) is 0 Å². The standard InChI is InChI=1S/C14H13ClO4S2/c1-3-4-10-5-6-11(12(9-10)18-2)19-21(16,17)14-8-7-13(15)20-14/h3,5-9H,1,4H2,2H3. The molecule has 0 radical (unpaired) electrons. The van der Waals surface area contributed by atoms with Crippen molar-refractivity contribution in [2.45, 2.75) is 10.6 Å². The van der Waals surface area contributed by atoms with Gasteiger partial charge in [-0.15, -0.1) is 17.9 Å². The highest BCUT2D eigenvalue weighted by Gasteiger charge is 2.21. The third kappa shape index (κ3) is 3.78. The summed E-state index contributed by atoms with van der Waals surface area (Å²) in [7, 11) is -2.46. The lowest BCUT2D eigenvalue weighted by Crippen LogP contribution is -2.09. The molecule has 2 aromatic rings. The maximum atomic E-state index is 12.2. The third-order valence-electron chi connectivity index (χ3n) is 2.60. The zero-order chi connectivity index (χ0) is 15.5. The van der Waals surface area contributed by atoms with E-state index in [0.717, 1.165) is 16.9 Å². The molecule has 0 N–H and O–H groups in total. The summed E-state index contributed by atoms with van der Waals surface area (Å²) in [6, 6.07) is 7.95. The van der Waals surface area contributed by atoms with E-state index in [1.54, 1.807) is 24.3 Å². The Kier molecular flexibility index (Phi) is 4.92. The molecule has 1 heterocycles. The van der Waals surface area contributed by atoms with Crippen LogP contribution >= 0.6 is 22.9 Å². The summed E-state index contributed by atoms with van der Waals surface area (Å²) >= 11 is 6.69. The fourth-order valence-electron chi connectivity index (χ4n) is 1.67. The van der Waals surface area contributed by atoms with E-state index in [9.17, 15) is 8.42 Å². The molecule has 2 rings (SSSR count). The van der Waals surface area contributed by atoms with E-state index in [-0.39, 0.29) is 9.96 Å². The third-order valence-corrected chi connectivity index (χ3v) is 5.52. The van der Waals surface area contributed by atoms with Crippen molar-refractivity contribution in [1.82, 2.24) is 0 Å². The first kappa shape index (κ1) is 15.9. The Bertz CT molecular complexity index is 750. The van der Waals surface area contributed by atoms with Gasteiger partial charge in [-0.2, -0.15) is 8.42 Å². The molecule has 0 unspecified atom stereocenters. The molecule has 1 aromatic carbocycles. The first-order chi connectivity index (χ1) is 9.96. The molecular weight excluding hydrogens is 332 g/mol. The van der Waals surface area contributed by atoms with Crippen molar-refractivity contribution in [3.8, 4) is 11.5 Å². The lowest BCUT2D eigenvalue weighted by atomic mass is 10.1. The van der Waals surface area contributed by atoms with Crippen molar-refractivity contribution < 1.29 is 17.3 Å². The number of methoxy groups -OCH3 is 1. The van der Waals surface area contributed by atoms with E-state index >= 15 is 0 Å². The lowest BCUT2D eigenvalue weighted by Gasteiger charge is -2.11. The van der Waals surface area contributed by atoms with E-state index in [4.69, 9.17) is 20.5 Å². The van der Waals surface area contributed by atoms with Gasteiger partial charge in [-0.3, -0.25) is 0 Å². The smallest absolute Gasteiger partial charge is 0.348 e. The van der Waals surface area contributed by atoms with Gasteiger partial charge in [0.05, 0.1) is 11.4 Å². The van der Waals surface area contributed by atoms with Crippen LogP contribution in [0.2, 0.25) is 4.34 Å². The molecule has 0 aliphatic heterocycles. The Labute approximate surface area is 132 Å². The second kappa shape index (κ2) is 6.51. The molecule has 0 saturated carbocycles. The van der Waals surface area contributed by atoms with E-state index < -0.39 is 10.1 Å². The van der Waals surface area contributed by atoms with Crippen LogP contribution in [0.4, 0.5) is 0 Å². The number of rotatable bonds is 6. The fourth-order valence-corrected chi connectivity index (χ4v) is 4.05. The fraction of sp³-hybridized carbons (Fsp3) is 0.143. The molecular formula is C14H13ClO4S2. The van der Waals surface area contributed by atoms with Gasteiger partial charge in [-0.1, -0.05) is 23.7 Å². The summed E-state index contributed by atoms with van der Waals surface area (Å²) in [6.07, 6.45) is 2.41. The monoisotopic (exact) mass is 344 g/mol. The Hall–Kier alpha value is -1.50. The topological polar surface area (TPSA) is 52.6 Å². The largest absolute Gasteiger partial charge is 0.493 e. The van der Waals surface area contributed by atoms with Gasteiger partial charge in [0.2, 0.25) is 0 Å². The summed E-state index contributed by atoms with van der Waals surface area (Å²) < 4.78 is 35.0. The zero-order valence-corrected chi connectivity index (χ0v) is 13.6. The molecule has 4 nitrogen and oxygen atoms in total. The van der Waals surface area contributed by atoms with Crippen molar-refractivity contribution in [3.63, 3.8) is 0 Å². The van der Waals surface area contributed by atoms with E-state index in [1.165, 1.54) is 19.2 Å². The van der Waals surface area contributed by atoms with Crippen LogP contribution in [0.5, 0.6) is 11.5 Å². The van der Waals surface area contributed by atoms with E-state index in [1.807, 2.05) is 0 Å². The van der Waals surface area contributed by atoms with Gasteiger partial charge in [0.25, 0.3) is 0 Å². The normalized spacial score (nSPS) is 11.1. The zero-order valence-electron chi connectivity index (χ0n) is 11.2. The van der Waals surface area contributed by atoms with Crippen LogP contribution in [-0.4, -0.2) is 15.5 Å². The van der Waals surface area contributed by atoms with Crippen molar-refractivity contribution in [1.29, 1.82) is 0 Å². The number of ether oxygens (including phenoxy) is 1. The molecule has 0 aliphatic carbocycles.